The van der Waals surface area contributed by atoms with Crippen molar-refractivity contribution in [2.24, 2.45) is 7.05 Å². The summed E-state index contributed by atoms with van der Waals surface area (Å²) in [5.74, 6) is 1.16. The Balaban J connectivity index is 1.56. The summed E-state index contributed by atoms with van der Waals surface area (Å²) in [6.07, 6.45) is 7.84. The minimum Gasteiger partial charge on any atom is -0.329 e. The summed E-state index contributed by atoms with van der Waals surface area (Å²) in [5.41, 5.74) is 0. The molecule has 0 saturated heterocycles. The van der Waals surface area contributed by atoms with Crippen molar-refractivity contribution in [3.63, 3.8) is 0 Å². The van der Waals surface area contributed by atoms with E-state index in [2.05, 4.69) is 14.9 Å². The molecule has 1 aliphatic carbocycles. The van der Waals surface area contributed by atoms with Crippen LogP contribution in [0.5, 0.6) is 0 Å². The van der Waals surface area contributed by atoms with Crippen LogP contribution in [0.3, 0.4) is 0 Å². The molecule has 2 rings (SSSR count). The predicted molar refractivity (Wildman–Crippen MR) is 59.6 cm³/mol. The van der Waals surface area contributed by atoms with Gasteiger partial charge in [-0.3, -0.25) is 0 Å². The number of aromatic nitrogens is 2. The summed E-state index contributed by atoms with van der Waals surface area (Å²) < 4.78 is 2.07. The number of thioether (sulfide) groups is 1. The molecule has 1 saturated carbocycles. The Labute approximate surface area is 89.3 Å². The molecule has 3 nitrogen and oxygen atoms in total. The third-order valence-electron chi connectivity index (χ3n) is 2.34. The van der Waals surface area contributed by atoms with Crippen LogP contribution in [0.25, 0.3) is 0 Å². The molecule has 4 heteroatoms. The molecule has 1 N–H and O–H groups in total. The first-order valence-corrected chi connectivity index (χ1v) is 6.18. The number of hydrogen-bond donors (Lipinski definition) is 1. The zero-order chi connectivity index (χ0) is 9.80. The monoisotopic (exact) mass is 211 g/mol. The standard InChI is InChI=1S/C10H17N3S/c1-13-7-6-12-10(13)14-8-2-5-11-9-3-4-9/h6-7,9,11H,2-5,8H2,1H3. The first kappa shape index (κ1) is 10.1. The largest absolute Gasteiger partial charge is 0.329 e. The highest BCUT2D eigenvalue weighted by atomic mass is 32.2. The lowest BCUT2D eigenvalue weighted by Crippen LogP contribution is -2.17. The van der Waals surface area contributed by atoms with Gasteiger partial charge in [-0.15, -0.1) is 0 Å². The van der Waals surface area contributed by atoms with Crippen LogP contribution in [-0.4, -0.2) is 27.9 Å². The average Bonchev–Trinajstić information content (AvgIpc) is 2.91. The van der Waals surface area contributed by atoms with E-state index < -0.39 is 0 Å². The summed E-state index contributed by atoms with van der Waals surface area (Å²) in [7, 11) is 2.04. The van der Waals surface area contributed by atoms with Gasteiger partial charge in [0.25, 0.3) is 0 Å². The van der Waals surface area contributed by atoms with Crippen LogP contribution in [0, 0.1) is 0 Å². The fourth-order valence-corrected chi connectivity index (χ4v) is 2.19. The van der Waals surface area contributed by atoms with Gasteiger partial charge in [-0.05, 0) is 25.8 Å². The van der Waals surface area contributed by atoms with Gasteiger partial charge in [-0.2, -0.15) is 0 Å². The molecule has 1 fully saturated rings. The van der Waals surface area contributed by atoms with Crippen LogP contribution < -0.4 is 5.32 Å². The maximum absolute atomic E-state index is 4.27. The molecule has 0 amide bonds. The average molecular weight is 211 g/mol. The number of rotatable bonds is 6. The van der Waals surface area contributed by atoms with Crippen LogP contribution in [-0.2, 0) is 7.05 Å². The maximum atomic E-state index is 4.27. The van der Waals surface area contributed by atoms with E-state index in [0.29, 0.717) is 0 Å². The van der Waals surface area contributed by atoms with Crippen molar-refractivity contribution in [2.75, 3.05) is 12.3 Å². The SMILES string of the molecule is Cn1ccnc1SCCCNC1CC1. The van der Waals surface area contributed by atoms with E-state index in [1.807, 2.05) is 31.2 Å². The van der Waals surface area contributed by atoms with Crippen molar-refractivity contribution in [1.29, 1.82) is 0 Å². The summed E-state index contributed by atoms with van der Waals surface area (Å²) in [6, 6.07) is 0.841. The van der Waals surface area contributed by atoms with Gasteiger partial charge in [0.1, 0.15) is 0 Å². The van der Waals surface area contributed by atoms with Crippen LogP contribution in [0.2, 0.25) is 0 Å². The normalized spacial score (nSPS) is 16.1. The number of imidazole rings is 1. The molecule has 0 unspecified atom stereocenters. The van der Waals surface area contributed by atoms with Crippen molar-refractivity contribution in [3.8, 4) is 0 Å². The Morgan fingerprint density at radius 2 is 2.50 bits per heavy atom. The predicted octanol–water partition coefficient (Wildman–Crippen LogP) is 1.65. The molecule has 1 heterocycles. The molecule has 1 aliphatic rings. The number of hydrogen-bond acceptors (Lipinski definition) is 3. The smallest absolute Gasteiger partial charge is 0.167 e. The summed E-state index contributed by atoms with van der Waals surface area (Å²) in [6.45, 7) is 1.15. The van der Waals surface area contributed by atoms with E-state index in [9.17, 15) is 0 Å². The Morgan fingerprint density at radius 1 is 1.64 bits per heavy atom. The molecule has 0 atom stereocenters. The molecule has 0 bridgehead atoms. The fraction of sp³-hybridized carbons (Fsp3) is 0.700. The summed E-state index contributed by atoms with van der Waals surface area (Å²) in [4.78, 5) is 4.27. The van der Waals surface area contributed by atoms with Crippen molar-refractivity contribution >= 4 is 11.8 Å². The van der Waals surface area contributed by atoms with E-state index in [-0.39, 0.29) is 0 Å². The number of nitrogens with zero attached hydrogens (tertiary/aromatic N) is 2. The van der Waals surface area contributed by atoms with Crippen molar-refractivity contribution < 1.29 is 0 Å². The van der Waals surface area contributed by atoms with E-state index in [4.69, 9.17) is 0 Å². The van der Waals surface area contributed by atoms with E-state index >= 15 is 0 Å². The summed E-state index contributed by atoms with van der Waals surface area (Å²) >= 11 is 1.84. The van der Waals surface area contributed by atoms with Crippen molar-refractivity contribution in [2.45, 2.75) is 30.5 Å². The molecule has 1 aromatic heterocycles. The van der Waals surface area contributed by atoms with Gasteiger partial charge in [0, 0.05) is 31.2 Å². The van der Waals surface area contributed by atoms with Gasteiger partial charge in [-0.1, -0.05) is 11.8 Å². The van der Waals surface area contributed by atoms with E-state index in [0.717, 1.165) is 23.5 Å². The first-order valence-electron chi connectivity index (χ1n) is 5.20. The van der Waals surface area contributed by atoms with E-state index in [1.165, 1.54) is 19.3 Å². The molecule has 0 radical (unpaired) electrons. The Bertz CT molecular complexity index is 281. The van der Waals surface area contributed by atoms with Crippen LogP contribution in [0.4, 0.5) is 0 Å². The molecular weight excluding hydrogens is 194 g/mol. The van der Waals surface area contributed by atoms with E-state index in [1.54, 1.807) is 0 Å². The molecule has 0 aromatic carbocycles. The fourth-order valence-electron chi connectivity index (χ4n) is 1.32. The lowest BCUT2D eigenvalue weighted by molar-refractivity contribution is 0.673. The Hall–Kier alpha value is -0.480. The third-order valence-corrected chi connectivity index (χ3v) is 3.48. The zero-order valence-electron chi connectivity index (χ0n) is 8.57. The third kappa shape index (κ3) is 3.03. The highest BCUT2D eigenvalue weighted by Crippen LogP contribution is 2.19. The highest BCUT2D eigenvalue weighted by Gasteiger charge is 2.19. The quantitative estimate of drug-likeness (QED) is 0.573. The zero-order valence-corrected chi connectivity index (χ0v) is 9.39. The molecule has 0 spiro atoms. The van der Waals surface area contributed by atoms with Crippen LogP contribution >= 0.6 is 11.8 Å². The van der Waals surface area contributed by atoms with Gasteiger partial charge in [0.15, 0.2) is 5.16 Å². The molecular formula is C10H17N3S. The number of nitrogens with one attached hydrogen (secondary N) is 1. The Morgan fingerprint density at radius 3 is 3.14 bits per heavy atom. The molecule has 14 heavy (non-hydrogen) atoms. The first-order chi connectivity index (χ1) is 6.86. The van der Waals surface area contributed by atoms with Crippen molar-refractivity contribution in [3.05, 3.63) is 12.4 Å². The van der Waals surface area contributed by atoms with Gasteiger partial charge < -0.3 is 9.88 Å². The molecule has 1 aromatic rings. The second-order valence-corrected chi connectivity index (χ2v) is 4.81. The lowest BCUT2D eigenvalue weighted by atomic mass is 10.5. The van der Waals surface area contributed by atoms with Gasteiger partial charge in [0.2, 0.25) is 0 Å². The Kier molecular flexibility index (Phi) is 3.48. The van der Waals surface area contributed by atoms with Crippen molar-refractivity contribution in [1.82, 2.24) is 14.9 Å². The summed E-state index contributed by atoms with van der Waals surface area (Å²) in [5, 5.41) is 4.63. The lowest BCUT2D eigenvalue weighted by Gasteiger charge is -2.02. The van der Waals surface area contributed by atoms with Gasteiger partial charge in [0.05, 0.1) is 0 Å². The second-order valence-electron chi connectivity index (χ2n) is 3.75. The van der Waals surface area contributed by atoms with Crippen LogP contribution in [0.1, 0.15) is 19.3 Å². The number of aryl methyl sites for hydroxylation is 1. The van der Waals surface area contributed by atoms with Crippen LogP contribution in [0.15, 0.2) is 17.6 Å². The highest BCUT2D eigenvalue weighted by molar-refractivity contribution is 7.99. The minimum absolute atomic E-state index is 0.841. The van der Waals surface area contributed by atoms with Gasteiger partial charge in [-0.25, -0.2) is 4.98 Å². The second kappa shape index (κ2) is 4.84. The molecule has 0 aliphatic heterocycles. The molecule has 78 valence electrons. The topological polar surface area (TPSA) is 29.9 Å². The minimum atomic E-state index is 0.841. The maximum Gasteiger partial charge on any atom is 0.167 e. The van der Waals surface area contributed by atoms with Gasteiger partial charge >= 0.3 is 0 Å².